The van der Waals surface area contributed by atoms with Gasteiger partial charge in [-0.1, -0.05) is 25.8 Å². The number of nitrogens with zero attached hydrogens (tertiary/aromatic N) is 2. The van der Waals surface area contributed by atoms with Crippen molar-refractivity contribution >= 4 is 5.82 Å². The molecule has 0 aromatic carbocycles. The Kier molecular flexibility index (Phi) is 5.00. The van der Waals surface area contributed by atoms with Gasteiger partial charge in [-0.15, -0.1) is 0 Å². The van der Waals surface area contributed by atoms with Crippen molar-refractivity contribution in [1.82, 2.24) is 9.88 Å². The molecule has 0 aliphatic carbocycles. The highest BCUT2D eigenvalue weighted by Gasteiger charge is 2.25. The highest BCUT2D eigenvalue weighted by atomic mass is 15.2. The van der Waals surface area contributed by atoms with Crippen LogP contribution in [0.25, 0.3) is 0 Å². The first-order valence-corrected chi connectivity index (χ1v) is 7.23. The number of anilines is 1. The molecule has 0 amide bonds. The van der Waals surface area contributed by atoms with Gasteiger partial charge in [-0.05, 0) is 38.4 Å². The topological polar surface area (TPSA) is 28.2 Å². The van der Waals surface area contributed by atoms with Crippen molar-refractivity contribution in [3.63, 3.8) is 0 Å². The third-order valence-electron chi connectivity index (χ3n) is 3.85. The molecule has 1 N–H and O–H groups in total. The fourth-order valence-electron chi connectivity index (χ4n) is 2.87. The fourth-order valence-corrected chi connectivity index (χ4v) is 2.87. The molecule has 1 fully saturated rings. The minimum absolute atomic E-state index is 0.557. The van der Waals surface area contributed by atoms with Crippen LogP contribution >= 0.6 is 0 Å². The summed E-state index contributed by atoms with van der Waals surface area (Å²) in [6.45, 7) is 4.73. The minimum atomic E-state index is 0.557. The van der Waals surface area contributed by atoms with E-state index in [2.05, 4.69) is 34.3 Å². The van der Waals surface area contributed by atoms with Gasteiger partial charge in [0.05, 0.1) is 0 Å². The quantitative estimate of drug-likeness (QED) is 0.863. The lowest BCUT2D eigenvalue weighted by Crippen LogP contribution is -2.34. The molecule has 0 unspecified atom stereocenters. The average Bonchev–Trinajstić information content (AvgIpc) is 2.45. The Balaban J connectivity index is 2.16. The van der Waals surface area contributed by atoms with E-state index in [1.54, 1.807) is 0 Å². The predicted octanol–water partition coefficient (Wildman–Crippen LogP) is 3.45. The van der Waals surface area contributed by atoms with Crippen LogP contribution in [-0.4, -0.2) is 30.0 Å². The van der Waals surface area contributed by atoms with Gasteiger partial charge >= 0.3 is 0 Å². The van der Waals surface area contributed by atoms with Gasteiger partial charge in [-0.25, -0.2) is 4.98 Å². The Labute approximate surface area is 111 Å². The number of nitrogens with one attached hydrogen (secondary N) is 1. The Hall–Kier alpha value is -1.09. The van der Waals surface area contributed by atoms with Gasteiger partial charge in [0.15, 0.2) is 0 Å². The largest absolute Gasteiger partial charge is 0.373 e. The van der Waals surface area contributed by atoms with Crippen LogP contribution in [0.2, 0.25) is 0 Å². The number of piperidine rings is 1. The molecule has 2 rings (SSSR count). The van der Waals surface area contributed by atoms with Gasteiger partial charge in [0, 0.05) is 24.8 Å². The molecule has 1 aliphatic rings. The second kappa shape index (κ2) is 6.74. The van der Waals surface area contributed by atoms with Crippen molar-refractivity contribution in [3.8, 4) is 0 Å². The summed E-state index contributed by atoms with van der Waals surface area (Å²) in [6, 6.07) is 4.85. The van der Waals surface area contributed by atoms with Crippen LogP contribution in [0.1, 0.15) is 50.6 Å². The number of likely N-dealkylation sites (tertiary alicyclic amines) is 1. The van der Waals surface area contributed by atoms with E-state index in [1.807, 2.05) is 13.2 Å². The first-order valence-electron chi connectivity index (χ1n) is 7.23. The first kappa shape index (κ1) is 13.3. The van der Waals surface area contributed by atoms with Crippen LogP contribution in [0, 0.1) is 0 Å². The summed E-state index contributed by atoms with van der Waals surface area (Å²) in [5, 5.41) is 3.23. The molecule has 0 radical (unpaired) electrons. The molecule has 2 heterocycles. The molecule has 3 nitrogen and oxygen atoms in total. The summed E-state index contributed by atoms with van der Waals surface area (Å²) in [5.74, 6) is 1.05. The minimum Gasteiger partial charge on any atom is -0.373 e. The van der Waals surface area contributed by atoms with E-state index < -0.39 is 0 Å². The summed E-state index contributed by atoms with van der Waals surface area (Å²) in [4.78, 5) is 7.09. The van der Waals surface area contributed by atoms with Crippen molar-refractivity contribution in [1.29, 1.82) is 0 Å². The van der Waals surface area contributed by atoms with E-state index in [-0.39, 0.29) is 0 Å². The van der Waals surface area contributed by atoms with Gasteiger partial charge in [0.2, 0.25) is 0 Å². The molecule has 1 aromatic heterocycles. The van der Waals surface area contributed by atoms with Crippen molar-refractivity contribution in [2.24, 2.45) is 0 Å². The summed E-state index contributed by atoms with van der Waals surface area (Å²) < 4.78 is 0. The Morgan fingerprint density at radius 2 is 2.33 bits per heavy atom. The molecule has 100 valence electrons. The maximum atomic E-state index is 4.45. The lowest BCUT2D eigenvalue weighted by atomic mass is 9.95. The van der Waals surface area contributed by atoms with Gasteiger partial charge in [-0.3, -0.25) is 4.90 Å². The van der Waals surface area contributed by atoms with E-state index in [1.165, 1.54) is 50.8 Å². The zero-order valence-corrected chi connectivity index (χ0v) is 11.7. The molecule has 0 spiro atoms. The lowest BCUT2D eigenvalue weighted by molar-refractivity contribution is 0.147. The number of unbranched alkanes of at least 4 members (excludes halogenated alkanes) is 1. The van der Waals surface area contributed by atoms with Crippen LogP contribution in [0.4, 0.5) is 5.82 Å². The summed E-state index contributed by atoms with van der Waals surface area (Å²) in [7, 11) is 1.96. The normalized spacial score (nSPS) is 20.9. The van der Waals surface area contributed by atoms with E-state index in [0.29, 0.717) is 6.04 Å². The molecule has 0 saturated carbocycles. The number of aromatic nitrogens is 1. The molecule has 0 bridgehead atoms. The predicted molar refractivity (Wildman–Crippen MR) is 76.9 cm³/mol. The molecule has 3 heteroatoms. The van der Waals surface area contributed by atoms with Crippen molar-refractivity contribution < 1.29 is 0 Å². The molecular formula is C15H25N3. The molecule has 1 saturated heterocycles. The summed E-state index contributed by atoms with van der Waals surface area (Å²) >= 11 is 0. The highest BCUT2D eigenvalue weighted by Crippen LogP contribution is 2.33. The lowest BCUT2D eigenvalue weighted by Gasteiger charge is -2.36. The Morgan fingerprint density at radius 3 is 3.11 bits per heavy atom. The van der Waals surface area contributed by atoms with E-state index in [4.69, 9.17) is 0 Å². The van der Waals surface area contributed by atoms with Crippen molar-refractivity contribution in [3.05, 3.63) is 23.9 Å². The second-order valence-corrected chi connectivity index (χ2v) is 5.09. The van der Waals surface area contributed by atoms with Gasteiger partial charge in [0.1, 0.15) is 5.82 Å². The molecule has 1 aliphatic heterocycles. The average molecular weight is 247 g/mol. The summed E-state index contributed by atoms with van der Waals surface area (Å²) in [6.07, 6.45) is 8.39. The SMILES string of the molecule is CCCCN1CCCC[C@@H]1c1cccnc1NC. The zero-order chi connectivity index (χ0) is 12.8. The maximum absolute atomic E-state index is 4.45. The van der Waals surface area contributed by atoms with E-state index >= 15 is 0 Å². The van der Waals surface area contributed by atoms with Crippen LogP contribution in [0.5, 0.6) is 0 Å². The number of hydrogen-bond acceptors (Lipinski definition) is 3. The fraction of sp³-hybridized carbons (Fsp3) is 0.667. The van der Waals surface area contributed by atoms with Crippen molar-refractivity contribution in [2.45, 2.75) is 45.1 Å². The molecular weight excluding hydrogens is 222 g/mol. The standard InChI is InChI=1S/C15H25N3/c1-3-4-11-18-12-6-5-9-14(18)13-8-7-10-17-15(13)16-2/h7-8,10,14H,3-6,9,11-12H2,1-2H3,(H,16,17)/t14-/m1/s1. The van der Waals surface area contributed by atoms with Crippen LogP contribution in [-0.2, 0) is 0 Å². The Bertz CT molecular complexity index is 365. The maximum Gasteiger partial charge on any atom is 0.130 e. The number of rotatable bonds is 5. The second-order valence-electron chi connectivity index (χ2n) is 5.09. The monoisotopic (exact) mass is 247 g/mol. The van der Waals surface area contributed by atoms with E-state index in [9.17, 15) is 0 Å². The Morgan fingerprint density at radius 1 is 1.44 bits per heavy atom. The summed E-state index contributed by atoms with van der Waals surface area (Å²) in [5.41, 5.74) is 1.37. The van der Waals surface area contributed by atoms with Gasteiger partial charge in [-0.2, -0.15) is 0 Å². The smallest absolute Gasteiger partial charge is 0.130 e. The molecule has 1 aromatic rings. The van der Waals surface area contributed by atoms with Crippen LogP contribution in [0.3, 0.4) is 0 Å². The first-order chi connectivity index (χ1) is 8.86. The van der Waals surface area contributed by atoms with Crippen LogP contribution < -0.4 is 5.32 Å². The van der Waals surface area contributed by atoms with Gasteiger partial charge < -0.3 is 5.32 Å². The molecule has 1 atom stereocenters. The molecule has 18 heavy (non-hydrogen) atoms. The van der Waals surface area contributed by atoms with Crippen LogP contribution in [0.15, 0.2) is 18.3 Å². The zero-order valence-electron chi connectivity index (χ0n) is 11.7. The van der Waals surface area contributed by atoms with Gasteiger partial charge in [0.25, 0.3) is 0 Å². The number of hydrogen-bond donors (Lipinski definition) is 1. The third kappa shape index (κ3) is 3.02. The number of pyridine rings is 1. The van der Waals surface area contributed by atoms with E-state index in [0.717, 1.165) is 5.82 Å². The highest BCUT2D eigenvalue weighted by molar-refractivity contribution is 5.45. The van der Waals surface area contributed by atoms with Crippen molar-refractivity contribution in [2.75, 3.05) is 25.5 Å². The third-order valence-corrected chi connectivity index (χ3v) is 3.85.